The normalized spacial score (nSPS) is 22.9. The lowest BCUT2D eigenvalue weighted by Crippen LogP contribution is -2.34. The molecule has 3 unspecified atom stereocenters. The predicted octanol–water partition coefficient (Wildman–Crippen LogP) is 2.20. The molecule has 0 saturated heterocycles. The number of ketones is 1. The van der Waals surface area contributed by atoms with Crippen molar-refractivity contribution in [3.05, 3.63) is 12.2 Å². The van der Waals surface area contributed by atoms with Crippen LogP contribution in [0.25, 0.3) is 0 Å². The molecule has 1 aliphatic carbocycles. The molecule has 1 aliphatic rings. The Labute approximate surface area is 128 Å². The monoisotopic (exact) mass is 344 g/mol. The predicted molar refractivity (Wildman–Crippen MR) is 81.9 cm³/mol. The fourth-order valence-corrected chi connectivity index (χ4v) is 2.60. The van der Waals surface area contributed by atoms with Gasteiger partial charge < -0.3 is 10.2 Å². The van der Waals surface area contributed by atoms with Gasteiger partial charge in [-0.2, -0.15) is 5.10 Å². The number of allylic oxidation sites excluding steroid dienone is 1. The molecule has 0 aliphatic heterocycles. The number of nitrogens with one attached hydrogen (secondary N) is 1. The largest absolute Gasteiger partial charge is 0.458 e. The van der Waals surface area contributed by atoms with Crippen molar-refractivity contribution in [2.75, 3.05) is 6.61 Å². The number of halogens is 1. The van der Waals surface area contributed by atoms with Crippen molar-refractivity contribution >= 4 is 34.4 Å². The van der Waals surface area contributed by atoms with Crippen LogP contribution in [0, 0.1) is 5.92 Å². The maximum atomic E-state index is 11.5. The fraction of sp³-hybridized carbons (Fsp3) is 0.643. The maximum absolute atomic E-state index is 11.5. The van der Waals surface area contributed by atoms with Gasteiger partial charge in [-0.3, -0.25) is 9.59 Å². The molecule has 5 nitrogen and oxygen atoms in total. The first-order valence-electron chi connectivity index (χ1n) is 6.71. The van der Waals surface area contributed by atoms with E-state index in [0.29, 0.717) is 17.2 Å². The standard InChI is InChI=1S/C14H21BrN2O3/c1-10(18)9-20-14(19)8-7-13(17-16-2)11-3-5-12(15)6-4-11/h3,5,11-13,17H,2,4,6-9H2,1H3. The minimum absolute atomic E-state index is 0.0635. The summed E-state index contributed by atoms with van der Waals surface area (Å²) in [6.07, 6.45) is 7.24. The third-order valence-corrected chi connectivity index (χ3v) is 3.98. The first-order chi connectivity index (χ1) is 9.52. The van der Waals surface area contributed by atoms with E-state index in [2.05, 4.69) is 45.3 Å². The van der Waals surface area contributed by atoms with Gasteiger partial charge in [0.25, 0.3) is 0 Å². The molecule has 0 heterocycles. The summed E-state index contributed by atoms with van der Waals surface area (Å²) in [5, 5.41) is 3.73. The maximum Gasteiger partial charge on any atom is 0.306 e. The van der Waals surface area contributed by atoms with Crippen LogP contribution in [0.15, 0.2) is 17.3 Å². The van der Waals surface area contributed by atoms with Gasteiger partial charge in [0.2, 0.25) is 0 Å². The van der Waals surface area contributed by atoms with E-state index in [-0.39, 0.29) is 30.8 Å². The van der Waals surface area contributed by atoms with E-state index in [1.165, 1.54) is 6.92 Å². The van der Waals surface area contributed by atoms with E-state index in [0.717, 1.165) is 12.8 Å². The Kier molecular flexibility index (Phi) is 7.51. The Bertz CT molecular complexity index is 385. The van der Waals surface area contributed by atoms with E-state index in [4.69, 9.17) is 4.74 Å². The minimum Gasteiger partial charge on any atom is -0.458 e. The van der Waals surface area contributed by atoms with Gasteiger partial charge in [0.15, 0.2) is 5.78 Å². The minimum atomic E-state index is -0.353. The molecular weight excluding hydrogens is 324 g/mol. The number of carbonyl (C=O) groups excluding carboxylic acids is 2. The Hall–Kier alpha value is -1.17. The van der Waals surface area contributed by atoms with E-state index in [1.807, 2.05) is 0 Å². The summed E-state index contributed by atoms with van der Waals surface area (Å²) in [4.78, 5) is 22.7. The quantitative estimate of drug-likeness (QED) is 0.241. The third kappa shape index (κ3) is 6.32. The molecule has 0 saturated carbocycles. The summed E-state index contributed by atoms with van der Waals surface area (Å²) >= 11 is 3.55. The first-order valence-corrected chi connectivity index (χ1v) is 7.63. The topological polar surface area (TPSA) is 67.8 Å². The molecule has 6 heteroatoms. The molecule has 20 heavy (non-hydrogen) atoms. The van der Waals surface area contributed by atoms with E-state index < -0.39 is 0 Å². The molecule has 0 amide bonds. The van der Waals surface area contributed by atoms with Crippen LogP contribution in [0.4, 0.5) is 0 Å². The van der Waals surface area contributed by atoms with Crippen LogP contribution < -0.4 is 5.43 Å². The molecule has 112 valence electrons. The molecule has 3 atom stereocenters. The van der Waals surface area contributed by atoms with Crippen LogP contribution in [0.3, 0.4) is 0 Å². The summed E-state index contributed by atoms with van der Waals surface area (Å²) in [5.41, 5.74) is 2.96. The number of Topliss-reactive ketones (excluding diaryl/α,β-unsaturated/α-hetero) is 1. The Balaban J connectivity index is 2.42. The van der Waals surface area contributed by atoms with E-state index >= 15 is 0 Å². The number of hydrogen-bond donors (Lipinski definition) is 1. The highest BCUT2D eigenvalue weighted by Gasteiger charge is 2.23. The second-order valence-corrected chi connectivity index (χ2v) is 6.11. The summed E-state index contributed by atoms with van der Waals surface area (Å²) in [6.45, 7) is 4.69. The van der Waals surface area contributed by atoms with Crippen molar-refractivity contribution in [2.45, 2.75) is 43.5 Å². The van der Waals surface area contributed by atoms with Crippen molar-refractivity contribution in [3.63, 3.8) is 0 Å². The molecule has 1 rings (SSSR count). The average molecular weight is 345 g/mol. The first kappa shape index (κ1) is 16.9. The highest BCUT2D eigenvalue weighted by molar-refractivity contribution is 9.09. The number of rotatable bonds is 8. The van der Waals surface area contributed by atoms with Gasteiger partial charge in [0, 0.05) is 18.0 Å². The molecule has 0 aromatic rings. The lowest BCUT2D eigenvalue weighted by atomic mass is 9.87. The SMILES string of the molecule is C=NNC(CCC(=O)OCC(C)=O)C1C=CC(Br)CC1. The van der Waals surface area contributed by atoms with Gasteiger partial charge in [-0.05, 0) is 32.1 Å². The van der Waals surface area contributed by atoms with E-state index in [9.17, 15) is 9.59 Å². The van der Waals surface area contributed by atoms with Gasteiger partial charge in [-0.15, -0.1) is 0 Å². The highest BCUT2D eigenvalue weighted by atomic mass is 79.9. The fourth-order valence-electron chi connectivity index (χ4n) is 2.16. The Morgan fingerprint density at radius 2 is 2.25 bits per heavy atom. The second kappa shape index (κ2) is 8.89. The highest BCUT2D eigenvalue weighted by Crippen LogP contribution is 2.26. The van der Waals surface area contributed by atoms with Crippen LogP contribution in [-0.4, -0.2) is 35.9 Å². The summed E-state index contributed by atoms with van der Waals surface area (Å²) in [7, 11) is 0. The van der Waals surface area contributed by atoms with Gasteiger partial charge in [-0.25, -0.2) is 0 Å². The Morgan fingerprint density at radius 3 is 2.80 bits per heavy atom. The van der Waals surface area contributed by atoms with Gasteiger partial charge in [0.1, 0.15) is 6.61 Å². The number of hydrazone groups is 1. The molecule has 0 bridgehead atoms. The molecule has 1 N–H and O–H groups in total. The van der Waals surface area contributed by atoms with Crippen LogP contribution >= 0.6 is 15.9 Å². The second-order valence-electron chi connectivity index (χ2n) is 4.94. The number of alkyl halides is 1. The average Bonchev–Trinajstić information content (AvgIpc) is 2.42. The lowest BCUT2D eigenvalue weighted by molar-refractivity contribution is -0.147. The number of ether oxygens (including phenoxy) is 1. The number of carbonyl (C=O) groups is 2. The summed E-state index contributed by atoms with van der Waals surface area (Å²) in [5.74, 6) is -0.177. The molecule has 0 spiro atoms. The third-order valence-electron chi connectivity index (χ3n) is 3.21. The van der Waals surface area contributed by atoms with Crippen molar-refractivity contribution in [1.29, 1.82) is 0 Å². The van der Waals surface area contributed by atoms with Gasteiger partial charge >= 0.3 is 5.97 Å². The van der Waals surface area contributed by atoms with Crippen LogP contribution in [-0.2, 0) is 14.3 Å². The lowest BCUT2D eigenvalue weighted by Gasteiger charge is -2.27. The van der Waals surface area contributed by atoms with Crippen LogP contribution in [0.1, 0.15) is 32.6 Å². The molecular formula is C14H21BrN2O3. The van der Waals surface area contributed by atoms with Gasteiger partial charge in [-0.1, -0.05) is 28.1 Å². The van der Waals surface area contributed by atoms with Gasteiger partial charge in [0.05, 0.1) is 6.04 Å². The zero-order valence-corrected chi connectivity index (χ0v) is 13.3. The molecule has 0 fully saturated rings. The van der Waals surface area contributed by atoms with Crippen LogP contribution in [0.5, 0.6) is 0 Å². The summed E-state index contributed by atoms with van der Waals surface area (Å²) in [6, 6.07) is 0.0635. The van der Waals surface area contributed by atoms with E-state index in [1.54, 1.807) is 0 Å². The Morgan fingerprint density at radius 1 is 1.50 bits per heavy atom. The smallest absolute Gasteiger partial charge is 0.306 e. The molecule has 0 aromatic carbocycles. The molecule has 0 aromatic heterocycles. The van der Waals surface area contributed by atoms with Crippen molar-refractivity contribution in [2.24, 2.45) is 11.0 Å². The number of nitrogens with zero attached hydrogens (tertiary/aromatic N) is 1. The summed E-state index contributed by atoms with van der Waals surface area (Å²) < 4.78 is 4.85. The van der Waals surface area contributed by atoms with Crippen LogP contribution in [0.2, 0.25) is 0 Å². The number of hydrogen-bond acceptors (Lipinski definition) is 5. The van der Waals surface area contributed by atoms with Crippen molar-refractivity contribution in [3.8, 4) is 0 Å². The molecule has 0 radical (unpaired) electrons. The van der Waals surface area contributed by atoms with Crippen molar-refractivity contribution < 1.29 is 14.3 Å². The zero-order chi connectivity index (χ0) is 15.0. The zero-order valence-electron chi connectivity index (χ0n) is 11.7. The van der Waals surface area contributed by atoms with Crippen molar-refractivity contribution in [1.82, 2.24) is 5.43 Å². The number of esters is 1.